The van der Waals surface area contributed by atoms with Gasteiger partial charge in [-0.15, -0.1) is 0 Å². The Balaban J connectivity index is 1.98. The van der Waals surface area contributed by atoms with Crippen LogP contribution < -0.4 is 10.1 Å². The second-order valence-corrected chi connectivity index (χ2v) is 4.54. The van der Waals surface area contributed by atoms with Gasteiger partial charge in [-0.25, -0.2) is 0 Å². The maximum atomic E-state index is 11.6. The molecule has 0 spiro atoms. The topological polar surface area (TPSA) is 47.6 Å². The molecule has 0 aliphatic rings. The number of para-hydroxylation sites is 2. The fourth-order valence-corrected chi connectivity index (χ4v) is 1.84. The fourth-order valence-electron chi connectivity index (χ4n) is 1.84. The lowest BCUT2D eigenvalue weighted by Crippen LogP contribution is -2.23. The van der Waals surface area contributed by atoms with E-state index in [2.05, 4.69) is 5.32 Å². The molecule has 0 bridgehead atoms. The molecule has 0 atom stereocenters. The molecule has 0 heterocycles. The normalized spacial score (nSPS) is 10.1. The van der Waals surface area contributed by atoms with E-state index in [0.717, 1.165) is 17.1 Å². The Hall–Kier alpha value is -2.33. The molecule has 0 aromatic heterocycles. The lowest BCUT2D eigenvalue weighted by molar-refractivity contribution is -0.122. The first-order valence-electron chi connectivity index (χ1n) is 6.86. The maximum Gasteiger partial charge on any atom is 0.222 e. The first kappa shape index (κ1) is 15.1. The summed E-state index contributed by atoms with van der Waals surface area (Å²) < 4.78 is 10.7. The Bertz CT molecular complexity index is 569. The van der Waals surface area contributed by atoms with Crippen LogP contribution in [-0.2, 0) is 16.1 Å². The summed E-state index contributed by atoms with van der Waals surface area (Å²) in [5.41, 5.74) is 0.937. The minimum atomic E-state index is -0.0358. The third-order valence-corrected chi connectivity index (χ3v) is 2.95. The summed E-state index contributed by atoms with van der Waals surface area (Å²) >= 11 is 0. The van der Waals surface area contributed by atoms with Gasteiger partial charge >= 0.3 is 0 Å². The van der Waals surface area contributed by atoms with Crippen LogP contribution in [0.2, 0.25) is 0 Å². The van der Waals surface area contributed by atoms with Crippen molar-refractivity contribution in [1.29, 1.82) is 0 Å². The summed E-state index contributed by atoms with van der Waals surface area (Å²) in [5.74, 6) is 1.48. The predicted molar refractivity (Wildman–Crippen MR) is 81.3 cm³/mol. The van der Waals surface area contributed by atoms with Crippen molar-refractivity contribution in [2.24, 2.45) is 0 Å². The number of hydrogen-bond donors (Lipinski definition) is 1. The zero-order chi connectivity index (χ0) is 14.9. The van der Waals surface area contributed by atoms with Gasteiger partial charge in [0, 0.05) is 25.6 Å². The van der Waals surface area contributed by atoms with Crippen molar-refractivity contribution in [3.8, 4) is 11.5 Å². The number of hydrogen-bond acceptors (Lipinski definition) is 3. The molecule has 0 radical (unpaired) electrons. The summed E-state index contributed by atoms with van der Waals surface area (Å²) in [6, 6.07) is 17.2. The highest BCUT2D eigenvalue weighted by molar-refractivity contribution is 5.76. The first-order chi connectivity index (χ1) is 10.3. The van der Waals surface area contributed by atoms with Gasteiger partial charge in [0.15, 0.2) is 0 Å². The molecule has 0 aliphatic carbocycles. The van der Waals surface area contributed by atoms with Gasteiger partial charge in [-0.2, -0.15) is 0 Å². The van der Waals surface area contributed by atoms with Crippen molar-refractivity contribution in [2.75, 3.05) is 13.7 Å². The Morgan fingerprint density at radius 2 is 1.76 bits per heavy atom. The first-order valence-corrected chi connectivity index (χ1v) is 6.86. The summed E-state index contributed by atoms with van der Waals surface area (Å²) in [7, 11) is 1.58. The minimum absolute atomic E-state index is 0.0358. The zero-order valence-electron chi connectivity index (χ0n) is 12.0. The Labute approximate surface area is 124 Å². The largest absolute Gasteiger partial charge is 0.457 e. The second kappa shape index (κ2) is 8.07. The number of amides is 1. The van der Waals surface area contributed by atoms with Gasteiger partial charge in [-0.05, 0) is 18.2 Å². The van der Waals surface area contributed by atoms with E-state index < -0.39 is 0 Å². The summed E-state index contributed by atoms with van der Waals surface area (Å²) in [4.78, 5) is 11.6. The Morgan fingerprint density at radius 3 is 2.52 bits per heavy atom. The molecule has 110 valence electrons. The maximum absolute atomic E-state index is 11.6. The van der Waals surface area contributed by atoms with Crippen molar-refractivity contribution < 1.29 is 14.3 Å². The van der Waals surface area contributed by atoms with Gasteiger partial charge < -0.3 is 14.8 Å². The fraction of sp³-hybridized carbons (Fsp3) is 0.235. The number of rotatable bonds is 7. The van der Waals surface area contributed by atoms with Crippen LogP contribution in [0.25, 0.3) is 0 Å². The van der Waals surface area contributed by atoms with Crippen molar-refractivity contribution in [1.82, 2.24) is 5.32 Å². The molecule has 2 aromatic rings. The van der Waals surface area contributed by atoms with Crippen LogP contribution in [0.1, 0.15) is 12.0 Å². The Morgan fingerprint density at radius 1 is 1.05 bits per heavy atom. The number of ether oxygens (including phenoxy) is 2. The second-order valence-electron chi connectivity index (χ2n) is 4.54. The minimum Gasteiger partial charge on any atom is -0.457 e. The van der Waals surface area contributed by atoms with Crippen molar-refractivity contribution >= 4 is 5.91 Å². The van der Waals surface area contributed by atoms with E-state index in [1.54, 1.807) is 7.11 Å². The lowest BCUT2D eigenvalue weighted by atomic mass is 10.2. The molecule has 21 heavy (non-hydrogen) atoms. The van der Waals surface area contributed by atoms with Gasteiger partial charge in [0.1, 0.15) is 11.5 Å². The number of nitrogens with one attached hydrogen (secondary N) is 1. The SMILES string of the molecule is COCCC(=O)NCc1ccccc1Oc1ccccc1. The van der Waals surface area contributed by atoms with Crippen LogP contribution in [0.5, 0.6) is 11.5 Å². The van der Waals surface area contributed by atoms with Crippen LogP contribution >= 0.6 is 0 Å². The average Bonchev–Trinajstić information content (AvgIpc) is 2.53. The molecule has 0 saturated carbocycles. The summed E-state index contributed by atoms with van der Waals surface area (Å²) in [6.45, 7) is 0.861. The third kappa shape index (κ3) is 4.93. The van der Waals surface area contributed by atoms with Gasteiger partial charge in [-0.1, -0.05) is 36.4 Å². The molecular formula is C17H19NO3. The quantitative estimate of drug-likeness (QED) is 0.850. The van der Waals surface area contributed by atoms with E-state index in [0.29, 0.717) is 19.6 Å². The molecule has 4 nitrogen and oxygen atoms in total. The monoisotopic (exact) mass is 285 g/mol. The number of methoxy groups -OCH3 is 1. The van der Waals surface area contributed by atoms with E-state index >= 15 is 0 Å². The standard InChI is InChI=1S/C17H19NO3/c1-20-12-11-17(19)18-13-14-7-5-6-10-16(14)21-15-8-3-2-4-9-15/h2-10H,11-13H2,1H3,(H,18,19). The van der Waals surface area contributed by atoms with E-state index in [1.165, 1.54) is 0 Å². The third-order valence-electron chi connectivity index (χ3n) is 2.95. The average molecular weight is 285 g/mol. The Kier molecular flexibility index (Phi) is 5.79. The van der Waals surface area contributed by atoms with Gasteiger partial charge in [-0.3, -0.25) is 4.79 Å². The van der Waals surface area contributed by atoms with E-state index in [1.807, 2.05) is 54.6 Å². The number of carbonyl (C=O) groups excluding carboxylic acids is 1. The molecule has 1 N–H and O–H groups in total. The van der Waals surface area contributed by atoms with Crippen LogP contribution in [-0.4, -0.2) is 19.6 Å². The summed E-state index contributed by atoms with van der Waals surface area (Å²) in [6.07, 6.45) is 0.359. The molecule has 0 aliphatic heterocycles. The molecule has 0 fully saturated rings. The van der Waals surface area contributed by atoms with Gasteiger partial charge in [0.05, 0.1) is 6.61 Å². The van der Waals surface area contributed by atoms with E-state index in [9.17, 15) is 4.79 Å². The van der Waals surface area contributed by atoms with Crippen molar-refractivity contribution in [3.05, 3.63) is 60.2 Å². The molecule has 2 aromatic carbocycles. The molecule has 1 amide bonds. The van der Waals surface area contributed by atoms with E-state index in [4.69, 9.17) is 9.47 Å². The molecule has 0 unspecified atom stereocenters. The zero-order valence-corrected chi connectivity index (χ0v) is 12.0. The number of benzene rings is 2. The molecular weight excluding hydrogens is 266 g/mol. The molecule has 4 heteroatoms. The van der Waals surface area contributed by atoms with Crippen LogP contribution in [0.3, 0.4) is 0 Å². The number of carbonyl (C=O) groups is 1. The molecule has 0 saturated heterocycles. The smallest absolute Gasteiger partial charge is 0.222 e. The molecule has 2 rings (SSSR count). The van der Waals surface area contributed by atoms with Crippen molar-refractivity contribution in [3.63, 3.8) is 0 Å². The van der Waals surface area contributed by atoms with Crippen molar-refractivity contribution in [2.45, 2.75) is 13.0 Å². The predicted octanol–water partition coefficient (Wildman–Crippen LogP) is 3.13. The van der Waals surface area contributed by atoms with E-state index in [-0.39, 0.29) is 5.91 Å². The lowest BCUT2D eigenvalue weighted by Gasteiger charge is -2.12. The highest BCUT2D eigenvalue weighted by Crippen LogP contribution is 2.24. The van der Waals surface area contributed by atoms with Crippen LogP contribution in [0.4, 0.5) is 0 Å². The van der Waals surface area contributed by atoms with Crippen LogP contribution in [0.15, 0.2) is 54.6 Å². The van der Waals surface area contributed by atoms with Gasteiger partial charge in [0.2, 0.25) is 5.91 Å². The highest BCUT2D eigenvalue weighted by Gasteiger charge is 2.06. The van der Waals surface area contributed by atoms with Crippen LogP contribution in [0, 0.1) is 0 Å². The van der Waals surface area contributed by atoms with Gasteiger partial charge in [0.25, 0.3) is 0 Å². The highest BCUT2D eigenvalue weighted by atomic mass is 16.5. The summed E-state index contributed by atoms with van der Waals surface area (Å²) in [5, 5.41) is 2.86.